The molecular formula is C21H17ClF3N3O4S. The van der Waals surface area contributed by atoms with Crippen LogP contribution in [0.2, 0.25) is 5.02 Å². The first kappa shape index (κ1) is 24.5. The predicted molar refractivity (Wildman–Crippen MR) is 117 cm³/mol. The molecule has 0 bridgehead atoms. The van der Waals surface area contributed by atoms with E-state index in [0.717, 1.165) is 12.1 Å². The van der Waals surface area contributed by atoms with Crippen molar-refractivity contribution in [2.24, 2.45) is 0 Å². The van der Waals surface area contributed by atoms with Crippen LogP contribution in [0, 0.1) is 0 Å². The summed E-state index contributed by atoms with van der Waals surface area (Å²) in [5.41, 5.74) is 0.714. The molecule has 174 valence electrons. The monoisotopic (exact) mass is 499 g/mol. The lowest BCUT2D eigenvalue weighted by Crippen LogP contribution is -2.33. The van der Waals surface area contributed by atoms with Crippen LogP contribution in [0.4, 0.5) is 18.9 Å². The van der Waals surface area contributed by atoms with Crippen LogP contribution >= 0.6 is 11.6 Å². The number of amides is 1. The number of sulfonamides is 1. The number of benzene rings is 2. The maximum atomic E-state index is 12.6. The van der Waals surface area contributed by atoms with Gasteiger partial charge in [0.25, 0.3) is 11.5 Å². The van der Waals surface area contributed by atoms with Crippen LogP contribution in [-0.4, -0.2) is 31.6 Å². The minimum Gasteiger partial charge on any atom is -0.322 e. The lowest BCUT2D eigenvalue weighted by molar-refractivity contribution is -0.121. The number of nitrogens with one attached hydrogen (secondary N) is 2. The molecule has 0 unspecified atom stereocenters. The first-order chi connectivity index (χ1) is 15.4. The van der Waals surface area contributed by atoms with Gasteiger partial charge >= 0.3 is 6.18 Å². The van der Waals surface area contributed by atoms with Gasteiger partial charge in [0.1, 0.15) is 6.54 Å². The Morgan fingerprint density at radius 3 is 2.30 bits per heavy atom. The molecule has 2 N–H and O–H groups in total. The van der Waals surface area contributed by atoms with Crippen molar-refractivity contribution in [3.05, 3.63) is 93.4 Å². The van der Waals surface area contributed by atoms with E-state index in [1.165, 1.54) is 39.8 Å². The fourth-order valence-electron chi connectivity index (χ4n) is 2.78. The largest absolute Gasteiger partial charge is 0.402 e. The maximum Gasteiger partial charge on any atom is 0.402 e. The van der Waals surface area contributed by atoms with E-state index in [1.807, 2.05) is 0 Å². The highest BCUT2D eigenvalue weighted by molar-refractivity contribution is 7.89. The third-order valence-corrected chi connectivity index (χ3v) is 6.22. The molecule has 0 radical (unpaired) electrons. The predicted octanol–water partition coefficient (Wildman–Crippen LogP) is 3.64. The Labute approximate surface area is 191 Å². The fraction of sp³-hybridized carbons (Fsp3) is 0.143. The summed E-state index contributed by atoms with van der Waals surface area (Å²) in [6, 6.07) is 14.1. The summed E-state index contributed by atoms with van der Waals surface area (Å²) >= 11 is 6.13. The van der Waals surface area contributed by atoms with Crippen molar-refractivity contribution in [3.8, 4) is 0 Å². The molecule has 7 nitrogen and oxygen atoms in total. The highest BCUT2D eigenvalue weighted by Crippen LogP contribution is 2.18. The second kappa shape index (κ2) is 9.77. The van der Waals surface area contributed by atoms with Crippen LogP contribution in [0.5, 0.6) is 0 Å². The summed E-state index contributed by atoms with van der Waals surface area (Å²) in [4.78, 5) is 24.4. The molecule has 12 heteroatoms. The molecule has 1 amide bonds. The smallest absolute Gasteiger partial charge is 0.322 e. The van der Waals surface area contributed by atoms with Crippen LogP contribution in [0.1, 0.15) is 15.9 Å². The standard InChI is InChI=1S/C21H17ClF3N3O4S/c22-18-4-2-1-3-14(18)11-28-12-15(5-10-19(28)29)20(30)27-16-6-8-17(9-7-16)33(31,32)26-13-21(23,24)25/h1-10,12,26H,11,13H2,(H,27,30). The van der Waals surface area contributed by atoms with Gasteiger partial charge in [0.05, 0.1) is 17.0 Å². The van der Waals surface area contributed by atoms with Crippen molar-refractivity contribution in [2.45, 2.75) is 17.6 Å². The van der Waals surface area contributed by atoms with Gasteiger partial charge in [0.2, 0.25) is 10.0 Å². The van der Waals surface area contributed by atoms with Crippen molar-refractivity contribution in [3.63, 3.8) is 0 Å². The minimum absolute atomic E-state index is 0.150. The number of carbonyl (C=O) groups is 1. The zero-order chi connectivity index (χ0) is 24.2. The molecule has 0 saturated heterocycles. The second-order valence-electron chi connectivity index (χ2n) is 6.89. The third kappa shape index (κ3) is 6.67. The topological polar surface area (TPSA) is 97.3 Å². The molecule has 1 heterocycles. The number of hydrogen-bond acceptors (Lipinski definition) is 4. The first-order valence-corrected chi connectivity index (χ1v) is 11.2. The van der Waals surface area contributed by atoms with Gasteiger partial charge in [-0.05, 0) is 42.0 Å². The number of rotatable bonds is 7. The molecule has 2 aromatic carbocycles. The maximum absolute atomic E-state index is 12.6. The normalized spacial score (nSPS) is 11.9. The van der Waals surface area contributed by atoms with E-state index in [0.29, 0.717) is 10.6 Å². The van der Waals surface area contributed by atoms with Gasteiger partial charge in [0, 0.05) is 23.0 Å². The summed E-state index contributed by atoms with van der Waals surface area (Å²) in [7, 11) is -4.37. The van der Waals surface area contributed by atoms with Gasteiger partial charge in [-0.25, -0.2) is 13.1 Å². The first-order valence-electron chi connectivity index (χ1n) is 9.36. The number of halogens is 4. The van der Waals surface area contributed by atoms with Crippen molar-refractivity contribution in [1.29, 1.82) is 0 Å². The van der Waals surface area contributed by atoms with E-state index >= 15 is 0 Å². The molecule has 0 aliphatic heterocycles. The van der Waals surface area contributed by atoms with Gasteiger partial charge in [-0.15, -0.1) is 0 Å². The van der Waals surface area contributed by atoms with Gasteiger partial charge in [-0.3, -0.25) is 9.59 Å². The van der Waals surface area contributed by atoms with E-state index < -0.39 is 33.5 Å². The number of aromatic nitrogens is 1. The van der Waals surface area contributed by atoms with E-state index in [2.05, 4.69) is 5.32 Å². The average molecular weight is 500 g/mol. The molecule has 0 aliphatic rings. The molecule has 0 aliphatic carbocycles. The lowest BCUT2D eigenvalue weighted by atomic mass is 10.2. The molecule has 3 aromatic rings. The van der Waals surface area contributed by atoms with Crippen molar-refractivity contribution < 1.29 is 26.4 Å². The number of nitrogens with zero attached hydrogens (tertiary/aromatic N) is 1. The molecule has 0 fully saturated rings. The zero-order valence-corrected chi connectivity index (χ0v) is 18.3. The Balaban J connectivity index is 1.73. The van der Waals surface area contributed by atoms with Gasteiger partial charge in [-0.2, -0.15) is 13.2 Å². The minimum atomic E-state index is -4.69. The van der Waals surface area contributed by atoms with Gasteiger partial charge in [0.15, 0.2) is 0 Å². The summed E-state index contributed by atoms with van der Waals surface area (Å²) in [6.45, 7) is -1.55. The van der Waals surface area contributed by atoms with Crippen LogP contribution in [-0.2, 0) is 16.6 Å². The molecule has 0 spiro atoms. The van der Waals surface area contributed by atoms with Crippen LogP contribution in [0.15, 0.2) is 76.6 Å². The third-order valence-electron chi connectivity index (χ3n) is 4.43. The quantitative estimate of drug-likeness (QED) is 0.518. The van der Waals surface area contributed by atoms with Crippen LogP contribution < -0.4 is 15.6 Å². The summed E-state index contributed by atoms with van der Waals surface area (Å²) in [5, 5.41) is 3.01. The Morgan fingerprint density at radius 1 is 1.00 bits per heavy atom. The summed E-state index contributed by atoms with van der Waals surface area (Å²) < 4.78 is 63.4. The van der Waals surface area contributed by atoms with Crippen molar-refractivity contribution in [1.82, 2.24) is 9.29 Å². The van der Waals surface area contributed by atoms with E-state index in [1.54, 1.807) is 24.3 Å². The summed E-state index contributed by atoms with van der Waals surface area (Å²) in [5.74, 6) is -0.575. The van der Waals surface area contributed by atoms with Crippen molar-refractivity contribution in [2.75, 3.05) is 11.9 Å². The van der Waals surface area contributed by atoms with E-state index in [4.69, 9.17) is 11.6 Å². The van der Waals surface area contributed by atoms with E-state index in [-0.39, 0.29) is 23.4 Å². The molecule has 1 aromatic heterocycles. The van der Waals surface area contributed by atoms with E-state index in [9.17, 15) is 31.2 Å². The average Bonchev–Trinajstić information content (AvgIpc) is 2.75. The lowest BCUT2D eigenvalue weighted by Gasteiger charge is -2.11. The fourth-order valence-corrected chi connectivity index (χ4v) is 3.99. The highest BCUT2D eigenvalue weighted by atomic mass is 35.5. The Bertz CT molecular complexity index is 1320. The number of hydrogen-bond donors (Lipinski definition) is 2. The Morgan fingerprint density at radius 2 is 1.67 bits per heavy atom. The molecule has 0 saturated carbocycles. The second-order valence-corrected chi connectivity index (χ2v) is 9.07. The van der Waals surface area contributed by atoms with Crippen LogP contribution in [0.25, 0.3) is 0 Å². The molecule has 3 rings (SSSR count). The van der Waals surface area contributed by atoms with Crippen LogP contribution in [0.3, 0.4) is 0 Å². The zero-order valence-electron chi connectivity index (χ0n) is 16.8. The molecular weight excluding hydrogens is 483 g/mol. The van der Waals surface area contributed by atoms with Crippen molar-refractivity contribution >= 4 is 33.2 Å². The van der Waals surface area contributed by atoms with Gasteiger partial charge in [-0.1, -0.05) is 29.8 Å². The van der Waals surface area contributed by atoms with Gasteiger partial charge < -0.3 is 9.88 Å². The Kier molecular flexibility index (Phi) is 7.25. The number of alkyl halides is 3. The number of carbonyl (C=O) groups excluding carboxylic acids is 1. The molecule has 0 atom stereocenters. The summed E-state index contributed by atoms with van der Waals surface area (Å²) in [6.07, 6.45) is -3.33. The highest BCUT2D eigenvalue weighted by Gasteiger charge is 2.30. The molecule has 33 heavy (non-hydrogen) atoms. The Hall–Kier alpha value is -3.15. The number of anilines is 1. The SMILES string of the molecule is O=C(Nc1ccc(S(=O)(=O)NCC(F)(F)F)cc1)c1ccc(=O)n(Cc2ccccc2Cl)c1. The number of pyridine rings is 1.